The number of rotatable bonds is 8. The number of ether oxygens (including phenoxy) is 1. The van der Waals surface area contributed by atoms with E-state index in [0.29, 0.717) is 37.6 Å². The Bertz CT molecular complexity index is 1560. The van der Waals surface area contributed by atoms with Gasteiger partial charge in [0.1, 0.15) is 11.6 Å². The number of hydrogen-bond donors (Lipinski definition) is 3. The molecule has 2 aromatic rings. The first kappa shape index (κ1) is 32.0. The van der Waals surface area contributed by atoms with Gasteiger partial charge in [-0.15, -0.1) is 0 Å². The summed E-state index contributed by atoms with van der Waals surface area (Å²) in [6.45, 7) is 0.944. The van der Waals surface area contributed by atoms with Crippen LogP contribution < -0.4 is 15.4 Å². The lowest BCUT2D eigenvalue weighted by Gasteiger charge is -2.32. The third-order valence-electron chi connectivity index (χ3n) is 9.84. The number of benzene rings is 2. The van der Waals surface area contributed by atoms with Crippen LogP contribution in [0.2, 0.25) is 0 Å². The topological polar surface area (TPSA) is 108 Å². The number of halogens is 4. The van der Waals surface area contributed by atoms with Crippen LogP contribution in [0.25, 0.3) is 0 Å². The van der Waals surface area contributed by atoms with Crippen LogP contribution in [0.4, 0.5) is 23.2 Å². The Labute approximate surface area is 264 Å². The summed E-state index contributed by atoms with van der Waals surface area (Å²) in [6.07, 6.45) is 2.37. The highest BCUT2D eigenvalue weighted by molar-refractivity contribution is 6.02. The van der Waals surface area contributed by atoms with Crippen LogP contribution in [-0.2, 0) is 11.0 Å². The van der Waals surface area contributed by atoms with Crippen molar-refractivity contribution in [2.45, 2.75) is 50.7 Å². The maximum absolute atomic E-state index is 13.9. The van der Waals surface area contributed by atoms with Gasteiger partial charge in [0, 0.05) is 42.9 Å². The molecule has 46 heavy (non-hydrogen) atoms. The molecular weight excluding hydrogens is 606 g/mol. The normalized spacial score (nSPS) is 26.7. The Morgan fingerprint density at radius 2 is 1.80 bits per heavy atom. The molecule has 6 rings (SSSR count). The van der Waals surface area contributed by atoms with Gasteiger partial charge in [-0.3, -0.25) is 14.4 Å². The predicted octanol–water partition coefficient (Wildman–Crippen LogP) is 5.43. The van der Waals surface area contributed by atoms with Gasteiger partial charge in [0.25, 0.3) is 11.8 Å². The standard InChI is InChI=1S/C34H37F4N3O5/c1-46-28-11-6-20(33(45)41-12-2-3-19(16-41)17-42)14-25(28)31(43)40-30-23-9-8-22(24(23)13-18-4-5-18)29(30)32(44)39-21-7-10-27(35)26(15-21)34(36,37)38/h6-7,10-11,13-15,18-19,22-23,29-30,42H,2-5,8-9,12,16-17H2,1H3,(H,39,44)(H,40,43)/b24-13-/t19?,22-,23+,29-,30+/m0/s1. The highest BCUT2D eigenvalue weighted by atomic mass is 19.4. The van der Waals surface area contributed by atoms with E-state index in [9.17, 15) is 37.1 Å². The molecule has 4 fully saturated rings. The summed E-state index contributed by atoms with van der Waals surface area (Å²) in [6, 6.07) is 6.28. The highest BCUT2D eigenvalue weighted by Gasteiger charge is 2.55. The first-order valence-corrected chi connectivity index (χ1v) is 15.8. The van der Waals surface area contributed by atoms with Crippen molar-refractivity contribution in [2.24, 2.45) is 29.6 Å². The number of aliphatic hydroxyl groups is 1. The van der Waals surface area contributed by atoms with Crippen LogP contribution in [0, 0.1) is 35.4 Å². The minimum Gasteiger partial charge on any atom is -0.496 e. The van der Waals surface area contributed by atoms with E-state index in [4.69, 9.17) is 4.74 Å². The van der Waals surface area contributed by atoms with Gasteiger partial charge in [-0.05, 0) is 92.7 Å². The van der Waals surface area contributed by atoms with E-state index in [2.05, 4.69) is 16.7 Å². The number of anilines is 1. The molecule has 0 spiro atoms. The summed E-state index contributed by atoms with van der Waals surface area (Å²) in [4.78, 5) is 42.7. The maximum Gasteiger partial charge on any atom is 0.419 e. The second-order valence-corrected chi connectivity index (χ2v) is 12.9. The molecular formula is C34H37F4N3O5. The number of nitrogens with zero attached hydrogens (tertiary/aromatic N) is 1. The lowest BCUT2D eigenvalue weighted by molar-refractivity contribution is -0.140. The zero-order valence-corrected chi connectivity index (χ0v) is 25.4. The van der Waals surface area contributed by atoms with Crippen LogP contribution in [0.15, 0.2) is 48.0 Å². The molecule has 1 aliphatic heterocycles. The number of amides is 3. The zero-order valence-electron chi connectivity index (χ0n) is 25.4. The molecule has 4 aliphatic rings. The summed E-state index contributed by atoms with van der Waals surface area (Å²) < 4.78 is 59.5. The molecule has 1 unspecified atom stereocenters. The first-order valence-electron chi connectivity index (χ1n) is 15.8. The Morgan fingerprint density at radius 3 is 2.50 bits per heavy atom. The van der Waals surface area contributed by atoms with Gasteiger partial charge in [-0.1, -0.05) is 11.6 Å². The fourth-order valence-electron chi connectivity index (χ4n) is 7.43. The molecule has 5 atom stereocenters. The molecule has 2 aromatic carbocycles. The quantitative estimate of drug-likeness (QED) is 0.263. The van der Waals surface area contributed by atoms with Crippen molar-refractivity contribution in [1.29, 1.82) is 0 Å². The van der Waals surface area contributed by atoms with Crippen LogP contribution in [-0.4, -0.2) is 60.6 Å². The number of alkyl halides is 3. The number of carbonyl (C=O) groups excluding carboxylic acids is 3. The van der Waals surface area contributed by atoms with Gasteiger partial charge < -0.3 is 25.4 Å². The Kier molecular flexibility index (Phi) is 8.84. The number of likely N-dealkylation sites (tertiary alicyclic amines) is 1. The Morgan fingerprint density at radius 1 is 1.04 bits per heavy atom. The SMILES string of the molecule is COc1ccc(C(=O)N2CCCC(CO)C2)cc1C(=O)N[C@H]1[C@@H](C(=O)Nc2ccc(F)c(C(F)(F)F)c2)[C@H]2CC[C@@H]1/C2=C\C1CC1. The lowest BCUT2D eigenvalue weighted by Crippen LogP contribution is -2.48. The number of piperidine rings is 1. The van der Waals surface area contributed by atoms with Gasteiger partial charge in [0.2, 0.25) is 5.91 Å². The second kappa shape index (κ2) is 12.7. The summed E-state index contributed by atoms with van der Waals surface area (Å²) in [5.41, 5.74) is -0.170. The molecule has 3 N–H and O–H groups in total. The van der Waals surface area contributed by atoms with Crippen molar-refractivity contribution in [3.63, 3.8) is 0 Å². The lowest BCUT2D eigenvalue weighted by atomic mass is 9.83. The summed E-state index contributed by atoms with van der Waals surface area (Å²) >= 11 is 0. The Balaban J connectivity index is 1.26. The minimum atomic E-state index is -4.93. The number of hydrogen-bond acceptors (Lipinski definition) is 5. The fourth-order valence-corrected chi connectivity index (χ4v) is 7.43. The zero-order chi connectivity index (χ0) is 32.7. The van der Waals surface area contributed by atoms with E-state index in [-0.39, 0.29) is 52.8 Å². The molecule has 246 valence electrons. The number of fused-ring (bicyclic) bond motifs is 2. The first-order chi connectivity index (χ1) is 22.0. The van der Waals surface area contributed by atoms with Crippen molar-refractivity contribution in [2.75, 3.05) is 32.1 Å². The predicted molar refractivity (Wildman–Crippen MR) is 161 cm³/mol. The largest absolute Gasteiger partial charge is 0.496 e. The van der Waals surface area contributed by atoms with E-state index in [1.54, 1.807) is 17.0 Å². The van der Waals surface area contributed by atoms with Crippen LogP contribution >= 0.6 is 0 Å². The Hall–Kier alpha value is -3.93. The number of aliphatic hydroxyl groups excluding tert-OH is 1. The monoisotopic (exact) mass is 643 g/mol. The maximum atomic E-state index is 13.9. The van der Waals surface area contributed by atoms with E-state index < -0.39 is 41.3 Å². The number of methoxy groups -OCH3 is 1. The third kappa shape index (κ3) is 6.36. The molecule has 3 saturated carbocycles. The summed E-state index contributed by atoms with van der Waals surface area (Å²) in [5, 5.41) is 15.2. The smallest absolute Gasteiger partial charge is 0.419 e. The van der Waals surface area contributed by atoms with Crippen molar-refractivity contribution < 1.29 is 41.8 Å². The van der Waals surface area contributed by atoms with E-state index in [0.717, 1.165) is 43.7 Å². The van der Waals surface area contributed by atoms with E-state index in [1.807, 2.05) is 0 Å². The molecule has 12 heteroatoms. The highest BCUT2D eigenvalue weighted by Crippen LogP contribution is 2.54. The molecule has 8 nitrogen and oxygen atoms in total. The average Bonchev–Trinajstić information content (AvgIpc) is 3.72. The van der Waals surface area contributed by atoms with Gasteiger partial charge in [0.05, 0.1) is 24.2 Å². The number of carbonyl (C=O) groups is 3. The van der Waals surface area contributed by atoms with Gasteiger partial charge in [0.15, 0.2) is 0 Å². The van der Waals surface area contributed by atoms with Gasteiger partial charge in [-0.2, -0.15) is 13.2 Å². The molecule has 2 bridgehead atoms. The third-order valence-corrected chi connectivity index (χ3v) is 9.84. The van der Waals surface area contributed by atoms with E-state index in [1.165, 1.54) is 13.2 Å². The minimum absolute atomic E-state index is 0.00700. The molecule has 0 radical (unpaired) electrons. The summed E-state index contributed by atoms with van der Waals surface area (Å²) in [7, 11) is 1.41. The van der Waals surface area contributed by atoms with Crippen molar-refractivity contribution >= 4 is 23.4 Å². The second-order valence-electron chi connectivity index (χ2n) is 12.9. The van der Waals surface area contributed by atoms with Crippen molar-refractivity contribution in [1.82, 2.24) is 10.2 Å². The van der Waals surface area contributed by atoms with E-state index >= 15 is 0 Å². The van der Waals surface area contributed by atoms with Crippen molar-refractivity contribution in [3.8, 4) is 5.75 Å². The van der Waals surface area contributed by atoms with Gasteiger partial charge in [-0.25, -0.2) is 4.39 Å². The number of allylic oxidation sites excluding steroid dienone is 1. The van der Waals surface area contributed by atoms with Crippen LogP contribution in [0.5, 0.6) is 5.75 Å². The summed E-state index contributed by atoms with van der Waals surface area (Å²) in [5.74, 6) is -3.27. The van der Waals surface area contributed by atoms with Crippen LogP contribution in [0.1, 0.15) is 64.8 Å². The molecule has 0 aromatic heterocycles. The number of nitrogens with one attached hydrogen (secondary N) is 2. The average molecular weight is 644 g/mol. The molecule has 3 amide bonds. The van der Waals surface area contributed by atoms with Crippen LogP contribution in [0.3, 0.4) is 0 Å². The molecule has 1 saturated heterocycles. The molecule has 1 heterocycles. The fraction of sp³-hybridized carbons (Fsp3) is 0.500. The van der Waals surface area contributed by atoms with Crippen molar-refractivity contribution in [3.05, 3.63) is 70.6 Å². The van der Waals surface area contributed by atoms with Gasteiger partial charge >= 0.3 is 6.18 Å². The molecule has 3 aliphatic carbocycles.